The van der Waals surface area contributed by atoms with Crippen molar-refractivity contribution in [2.24, 2.45) is 0 Å². The van der Waals surface area contributed by atoms with E-state index in [1.165, 1.54) is 19.3 Å². The third kappa shape index (κ3) is 2.18. The molecule has 1 atom stereocenters. The predicted octanol–water partition coefficient (Wildman–Crippen LogP) is -0.691. The minimum absolute atomic E-state index is 0.0783. The molecule has 0 saturated carbocycles. The zero-order valence-electron chi connectivity index (χ0n) is 7.97. The molecule has 2 amide bonds. The van der Waals surface area contributed by atoms with E-state index in [1.54, 1.807) is 0 Å². The van der Waals surface area contributed by atoms with Gasteiger partial charge >= 0.3 is 0 Å². The average molecular weight is 199 g/mol. The standard InChI is InChI=1S/C9H13NO4/c1-14-6-7(4-5-11)10-8(12)2-3-9(10)13/h2-3,7,11H,4-6H2,1H3. The fraction of sp³-hybridized carbons (Fsp3) is 0.556. The molecule has 1 rings (SSSR count). The van der Waals surface area contributed by atoms with Crippen molar-refractivity contribution in [3.63, 3.8) is 0 Å². The number of carbonyl (C=O) groups excluding carboxylic acids is 2. The lowest BCUT2D eigenvalue weighted by Crippen LogP contribution is -2.43. The largest absolute Gasteiger partial charge is 0.396 e. The molecule has 1 unspecified atom stereocenters. The van der Waals surface area contributed by atoms with E-state index < -0.39 is 0 Å². The maximum Gasteiger partial charge on any atom is 0.253 e. The van der Waals surface area contributed by atoms with Gasteiger partial charge in [-0.15, -0.1) is 0 Å². The number of nitrogens with zero attached hydrogens (tertiary/aromatic N) is 1. The summed E-state index contributed by atoms with van der Waals surface area (Å²) in [5.41, 5.74) is 0. The van der Waals surface area contributed by atoms with Gasteiger partial charge in [0.1, 0.15) is 0 Å². The molecule has 1 aliphatic heterocycles. The normalized spacial score (nSPS) is 18.0. The molecular weight excluding hydrogens is 186 g/mol. The van der Waals surface area contributed by atoms with Crippen LogP contribution >= 0.6 is 0 Å². The maximum atomic E-state index is 11.3. The molecule has 0 aliphatic carbocycles. The van der Waals surface area contributed by atoms with E-state index in [2.05, 4.69) is 0 Å². The summed E-state index contributed by atoms with van der Waals surface area (Å²) in [6.07, 6.45) is 2.79. The molecule has 0 spiro atoms. The van der Waals surface area contributed by atoms with E-state index >= 15 is 0 Å². The van der Waals surface area contributed by atoms with Crippen molar-refractivity contribution in [2.45, 2.75) is 12.5 Å². The summed E-state index contributed by atoms with van der Waals surface area (Å²) >= 11 is 0. The summed E-state index contributed by atoms with van der Waals surface area (Å²) < 4.78 is 4.88. The van der Waals surface area contributed by atoms with Crippen LogP contribution in [0.1, 0.15) is 6.42 Å². The topological polar surface area (TPSA) is 66.8 Å². The SMILES string of the molecule is COCC(CCO)N1C(=O)C=CC1=O. The van der Waals surface area contributed by atoms with E-state index in [1.807, 2.05) is 0 Å². The summed E-state index contributed by atoms with van der Waals surface area (Å²) in [6.45, 7) is 0.171. The Labute approximate surface area is 82.0 Å². The molecule has 5 nitrogen and oxygen atoms in total. The van der Waals surface area contributed by atoms with E-state index in [4.69, 9.17) is 9.84 Å². The van der Waals surface area contributed by atoms with Crippen LogP contribution in [0.3, 0.4) is 0 Å². The summed E-state index contributed by atoms with van der Waals surface area (Å²) in [6, 6.07) is -0.375. The summed E-state index contributed by atoms with van der Waals surface area (Å²) in [7, 11) is 1.49. The van der Waals surface area contributed by atoms with Crippen LogP contribution in [0.5, 0.6) is 0 Å². The van der Waals surface area contributed by atoms with Crippen molar-refractivity contribution < 1.29 is 19.4 Å². The van der Waals surface area contributed by atoms with Crippen molar-refractivity contribution in [2.75, 3.05) is 20.3 Å². The zero-order valence-corrected chi connectivity index (χ0v) is 7.97. The van der Waals surface area contributed by atoms with Gasteiger partial charge in [0.2, 0.25) is 0 Å². The lowest BCUT2D eigenvalue weighted by Gasteiger charge is -2.24. The Kier molecular flexibility index (Phi) is 3.79. The smallest absolute Gasteiger partial charge is 0.253 e. The molecule has 0 aromatic rings. The Bertz CT molecular complexity index is 238. The number of carbonyl (C=O) groups is 2. The Morgan fingerprint density at radius 3 is 2.43 bits per heavy atom. The number of aliphatic hydroxyl groups excluding tert-OH is 1. The predicted molar refractivity (Wildman–Crippen MR) is 48.4 cm³/mol. The van der Waals surface area contributed by atoms with Gasteiger partial charge in [0.25, 0.3) is 11.8 Å². The van der Waals surface area contributed by atoms with Gasteiger partial charge in [-0.1, -0.05) is 0 Å². The van der Waals surface area contributed by atoms with Gasteiger partial charge in [-0.3, -0.25) is 14.5 Å². The Morgan fingerprint density at radius 2 is 2.00 bits per heavy atom. The quantitative estimate of drug-likeness (QED) is 0.595. The van der Waals surface area contributed by atoms with E-state index in [0.29, 0.717) is 6.42 Å². The van der Waals surface area contributed by atoms with Crippen LogP contribution in [0, 0.1) is 0 Å². The highest BCUT2D eigenvalue weighted by atomic mass is 16.5. The van der Waals surface area contributed by atoms with Crippen LogP contribution in [0.15, 0.2) is 12.2 Å². The number of aliphatic hydroxyl groups is 1. The van der Waals surface area contributed by atoms with Gasteiger partial charge in [-0.05, 0) is 6.42 Å². The molecular formula is C9H13NO4. The molecule has 1 N–H and O–H groups in total. The van der Waals surface area contributed by atoms with Gasteiger partial charge in [0.05, 0.1) is 12.6 Å². The van der Waals surface area contributed by atoms with Crippen LogP contribution in [-0.4, -0.2) is 48.2 Å². The van der Waals surface area contributed by atoms with E-state index in [9.17, 15) is 9.59 Å². The second kappa shape index (κ2) is 4.88. The van der Waals surface area contributed by atoms with Gasteiger partial charge in [-0.25, -0.2) is 0 Å². The molecule has 1 heterocycles. The molecule has 5 heteroatoms. The number of ether oxygens (including phenoxy) is 1. The first-order chi connectivity index (χ1) is 6.70. The maximum absolute atomic E-state index is 11.3. The lowest BCUT2D eigenvalue weighted by atomic mass is 10.2. The number of hydrogen-bond acceptors (Lipinski definition) is 4. The molecule has 1 aliphatic rings. The molecule has 0 saturated heterocycles. The van der Waals surface area contributed by atoms with Crippen LogP contribution in [0.25, 0.3) is 0 Å². The average Bonchev–Trinajstić information content (AvgIpc) is 2.46. The number of imide groups is 1. The van der Waals surface area contributed by atoms with Crippen molar-refractivity contribution in [3.8, 4) is 0 Å². The number of methoxy groups -OCH3 is 1. The minimum atomic E-state index is -0.375. The molecule has 0 aromatic heterocycles. The molecule has 0 aromatic carbocycles. The minimum Gasteiger partial charge on any atom is -0.396 e. The van der Waals surface area contributed by atoms with Crippen molar-refractivity contribution in [3.05, 3.63) is 12.2 Å². The van der Waals surface area contributed by atoms with E-state index in [-0.39, 0.29) is 31.1 Å². The Hall–Kier alpha value is -1.20. The lowest BCUT2D eigenvalue weighted by molar-refractivity contribution is -0.141. The summed E-state index contributed by atoms with van der Waals surface area (Å²) in [4.78, 5) is 23.6. The summed E-state index contributed by atoms with van der Waals surface area (Å²) in [5.74, 6) is -0.684. The molecule has 0 radical (unpaired) electrons. The fourth-order valence-electron chi connectivity index (χ4n) is 1.40. The Balaban J connectivity index is 2.67. The number of amides is 2. The molecule has 0 bridgehead atoms. The molecule has 78 valence electrons. The second-order valence-electron chi connectivity index (χ2n) is 3.00. The molecule has 0 fully saturated rings. The first-order valence-electron chi connectivity index (χ1n) is 4.35. The monoisotopic (exact) mass is 199 g/mol. The summed E-state index contributed by atoms with van der Waals surface area (Å²) in [5, 5.41) is 8.77. The van der Waals surface area contributed by atoms with Crippen molar-refractivity contribution in [1.82, 2.24) is 4.90 Å². The van der Waals surface area contributed by atoms with Crippen LogP contribution < -0.4 is 0 Å². The van der Waals surface area contributed by atoms with Crippen LogP contribution in [0.2, 0.25) is 0 Å². The van der Waals surface area contributed by atoms with Gasteiger partial charge < -0.3 is 9.84 Å². The van der Waals surface area contributed by atoms with Gasteiger partial charge in [0, 0.05) is 25.9 Å². The molecule has 14 heavy (non-hydrogen) atoms. The third-order valence-corrected chi connectivity index (χ3v) is 2.03. The zero-order chi connectivity index (χ0) is 10.6. The second-order valence-corrected chi connectivity index (χ2v) is 3.00. The highest BCUT2D eigenvalue weighted by Gasteiger charge is 2.30. The van der Waals surface area contributed by atoms with Crippen LogP contribution in [0.4, 0.5) is 0 Å². The number of rotatable bonds is 5. The van der Waals surface area contributed by atoms with Gasteiger partial charge in [-0.2, -0.15) is 0 Å². The number of hydrogen-bond donors (Lipinski definition) is 1. The fourth-order valence-corrected chi connectivity index (χ4v) is 1.40. The highest BCUT2D eigenvalue weighted by molar-refractivity contribution is 6.13. The highest BCUT2D eigenvalue weighted by Crippen LogP contribution is 2.12. The first-order valence-corrected chi connectivity index (χ1v) is 4.35. The van der Waals surface area contributed by atoms with E-state index in [0.717, 1.165) is 4.90 Å². The van der Waals surface area contributed by atoms with Crippen LogP contribution in [-0.2, 0) is 14.3 Å². The first kappa shape index (κ1) is 10.9. The third-order valence-electron chi connectivity index (χ3n) is 2.03. The van der Waals surface area contributed by atoms with Gasteiger partial charge in [0.15, 0.2) is 0 Å². The van der Waals surface area contributed by atoms with Crippen molar-refractivity contribution in [1.29, 1.82) is 0 Å². The van der Waals surface area contributed by atoms with Crippen molar-refractivity contribution >= 4 is 11.8 Å². The Morgan fingerprint density at radius 1 is 1.43 bits per heavy atom.